The molecule has 0 spiro atoms. The topological polar surface area (TPSA) is 0 Å². The maximum Gasteiger partial charge on any atom is 0.0450 e. The van der Waals surface area contributed by atoms with E-state index in [-0.39, 0.29) is 9.52 Å². The fraction of sp³-hybridized carbons (Fsp3) is 0.758. The Morgan fingerprint density at radius 1 is 0.706 bits per heavy atom. The van der Waals surface area contributed by atoms with Gasteiger partial charge in [-0.15, -0.1) is 0 Å². The van der Waals surface area contributed by atoms with Gasteiger partial charge in [-0.2, -0.15) is 0 Å². The fourth-order valence-electron chi connectivity index (χ4n) is 6.26. The highest BCUT2D eigenvalue weighted by Gasteiger charge is 2.33. The molecule has 0 radical (unpaired) electrons. The molecule has 0 bridgehead atoms. The smallest absolute Gasteiger partial charge is 0.0450 e. The fourth-order valence-corrected chi connectivity index (χ4v) is 8.96. The Labute approximate surface area is 216 Å². The zero-order valence-corrected chi connectivity index (χ0v) is 25.2. The van der Waals surface area contributed by atoms with Crippen LogP contribution >= 0.6 is 0 Å². The molecule has 2 aliphatic rings. The minimum absolute atomic E-state index is 0.224. The molecule has 0 amide bonds. The lowest BCUT2D eigenvalue weighted by atomic mass is 9.99. The normalized spacial score (nSPS) is 22.8. The van der Waals surface area contributed by atoms with Crippen molar-refractivity contribution in [2.75, 3.05) is 0 Å². The van der Waals surface area contributed by atoms with Crippen LogP contribution in [-0.2, 0) is 0 Å². The van der Waals surface area contributed by atoms with Crippen LogP contribution in [0.5, 0.6) is 0 Å². The summed E-state index contributed by atoms with van der Waals surface area (Å²) in [6.07, 6.45) is 35.2. The van der Waals surface area contributed by atoms with Crippen LogP contribution in [0, 0.1) is 0 Å². The summed E-state index contributed by atoms with van der Waals surface area (Å²) in [6.45, 7) is 12.1. The third-order valence-electron chi connectivity index (χ3n) is 8.85. The highest BCUT2D eigenvalue weighted by molar-refractivity contribution is 6.45. The van der Waals surface area contributed by atoms with Crippen molar-refractivity contribution in [1.82, 2.24) is 0 Å². The van der Waals surface area contributed by atoms with E-state index < -0.39 is 0 Å². The Balaban J connectivity index is 1.51. The second-order valence-corrected chi connectivity index (χ2v) is 14.8. The predicted octanol–water partition coefficient (Wildman–Crippen LogP) is 11.0. The van der Waals surface area contributed by atoms with Crippen molar-refractivity contribution in [3.05, 3.63) is 46.6 Å². The molecule has 2 unspecified atom stereocenters. The zero-order chi connectivity index (χ0) is 24.7. The molecule has 0 heterocycles. The van der Waals surface area contributed by atoms with Crippen molar-refractivity contribution in [3.63, 3.8) is 0 Å². The van der Waals surface area contributed by atoms with E-state index in [1.165, 1.54) is 116 Å². The van der Waals surface area contributed by atoms with E-state index in [2.05, 4.69) is 58.9 Å². The summed E-state index contributed by atoms with van der Waals surface area (Å²) in [5.41, 5.74) is 7.64. The van der Waals surface area contributed by atoms with Crippen molar-refractivity contribution in [2.45, 2.75) is 161 Å². The molecule has 0 saturated heterocycles. The summed E-state index contributed by atoms with van der Waals surface area (Å²) in [5.74, 6) is 0. The quantitative estimate of drug-likeness (QED) is 0.127. The molecular formula is C33H58Si. The van der Waals surface area contributed by atoms with Crippen molar-refractivity contribution in [3.8, 4) is 0 Å². The zero-order valence-electron chi connectivity index (χ0n) is 23.8. The molecule has 0 aromatic carbocycles. The van der Waals surface area contributed by atoms with E-state index in [0.29, 0.717) is 5.04 Å². The first-order valence-corrected chi connectivity index (χ1v) is 16.7. The minimum Gasteiger partial charge on any atom is -0.0840 e. The van der Waals surface area contributed by atoms with Crippen LogP contribution in [0.15, 0.2) is 46.6 Å². The molecule has 0 aromatic rings. The van der Waals surface area contributed by atoms with Gasteiger partial charge in [0.1, 0.15) is 0 Å². The molecule has 0 fully saturated rings. The van der Waals surface area contributed by atoms with Crippen LogP contribution in [0.25, 0.3) is 0 Å². The van der Waals surface area contributed by atoms with E-state index in [0.717, 1.165) is 5.54 Å². The third-order valence-corrected chi connectivity index (χ3v) is 11.9. The summed E-state index contributed by atoms with van der Waals surface area (Å²) in [5, 5.41) is 0.464. The van der Waals surface area contributed by atoms with Gasteiger partial charge >= 0.3 is 0 Å². The largest absolute Gasteiger partial charge is 0.0840 e. The van der Waals surface area contributed by atoms with Gasteiger partial charge in [0, 0.05) is 9.52 Å². The Morgan fingerprint density at radius 2 is 1.21 bits per heavy atom. The molecule has 1 heteroatoms. The molecule has 0 aliphatic heterocycles. The Morgan fingerprint density at radius 3 is 1.68 bits per heavy atom. The van der Waals surface area contributed by atoms with Gasteiger partial charge in [0.2, 0.25) is 0 Å². The molecule has 194 valence electrons. The maximum absolute atomic E-state index is 2.50. The van der Waals surface area contributed by atoms with Gasteiger partial charge in [-0.05, 0) is 61.8 Å². The summed E-state index contributed by atoms with van der Waals surface area (Å²) < 4.78 is 0. The Hall–Kier alpha value is -0.823. The number of allylic oxidation sites excluding steroid dienone is 8. The third kappa shape index (κ3) is 10.4. The van der Waals surface area contributed by atoms with E-state index in [1.54, 1.807) is 22.3 Å². The van der Waals surface area contributed by atoms with Gasteiger partial charge in [-0.3, -0.25) is 0 Å². The van der Waals surface area contributed by atoms with E-state index >= 15 is 0 Å². The standard InChI is InChI=1S/C33H58Si/c1-6-7-8-9-10-11-12-13-14-15-16-17-18-19-20-22-25-31-28(2)29(3)32(30(31)4)34-33(5)26-23-21-24-27-33/h21,23-24,26,32H,6-20,22,25,27,34H2,1-5H3. The summed E-state index contributed by atoms with van der Waals surface area (Å²) in [7, 11) is -0.224. The van der Waals surface area contributed by atoms with Gasteiger partial charge < -0.3 is 0 Å². The van der Waals surface area contributed by atoms with Crippen molar-refractivity contribution in [2.24, 2.45) is 0 Å². The lowest BCUT2D eigenvalue weighted by molar-refractivity contribution is 0.529. The lowest BCUT2D eigenvalue weighted by Crippen LogP contribution is -2.20. The number of hydrogen-bond donors (Lipinski definition) is 0. The van der Waals surface area contributed by atoms with E-state index in [4.69, 9.17) is 0 Å². The van der Waals surface area contributed by atoms with Gasteiger partial charge in [0.15, 0.2) is 0 Å². The lowest BCUT2D eigenvalue weighted by Gasteiger charge is -2.30. The van der Waals surface area contributed by atoms with E-state index in [9.17, 15) is 0 Å². The molecule has 0 nitrogen and oxygen atoms in total. The maximum atomic E-state index is 2.50. The SMILES string of the molecule is CCCCCCCCCCCCCCCCCCC1=C(C)C([SiH2]C2(C)C=CC=CC2)C(C)=C1C. The average molecular weight is 483 g/mol. The van der Waals surface area contributed by atoms with Crippen LogP contribution in [0.4, 0.5) is 0 Å². The molecule has 2 rings (SSSR count). The first-order chi connectivity index (χ1) is 16.5. The summed E-state index contributed by atoms with van der Waals surface area (Å²) in [4.78, 5) is 0. The van der Waals surface area contributed by atoms with Crippen LogP contribution in [0.1, 0.15) is 150 Å². The molecule has 0 N–H and O–H groups in total. The van der Waals surface area contributed by atoms with Gasteiger partial charge in [0.25, 0.3) is 0 Å². The van der Waals surface area contributed by atoms with Gasteiger partial charge in [0.05, 0.1) is 0 Å². The van der Waals surface area contributed by atoms with Crippen LogP contribution in [-0.4, -0.2) is 9.52 Å². The Bertz CT molecular complexity index is 691. The van der Waals surface area contributed by atoms with Crippen molar-refractivity contribution in [1.29, 1.82) is 0 Å². The average Bonchev–Trinajstić information content (AvgIpc) is 3.02. The van der Waals surface area contributed by atoms with Crippen LogP contribution in [0.3, 0.4) is 0 Å². The first kappa shape index (κ1) is 29.4. The minimum atomic E-state index is -0.224. The van der Waals surface area contributed by atoms with Gasteiger partial charge in [-0.25, -0.2) is 0 Å². The van der Waals surface area contributed by atoms with Crippen LogP contribution in [0.2, 0.25) is 10.6 Å². The second-order valence-electron chi connectivity index (χ2n) is 11.9. The first-order valence-electron chi connectivity index (χ1n) is 15.2. The predicted molar refractivity (Wildman–Crippen MR) is 159 cm³/mol. The van der Waals surface area contributed by atoms with Crippen molar-refractivity contribution >= 4 is 9.52 Å². The molecule has 2 atom stereocenters. The van der Waals surface area contributed by atoms with Crippen LogP contribution < -0.4 is 0 Å². The van der Waals surface area contributed by atoms with E-state index in [1.807, 2.05) is 0 Å². The highest BCUT2D eigenvalue weighted by atomic mass is 28.2. The molecule has 0 aromatic heterocycles. The summed E-state index contributed by atoms with van der Waals surface area (Å²) in [6, 6.07) is 0. The number of hydrogen-bond acceptors (Lipinski definition) is 0. The molecular weight excluding hydrogens is 424 g/mol. The second kappa shape index (κ2) is 16.8. The highest BCUT2D eigenvalue weighted by Crippen LogP contribution is 2.48. The van der Waals surface area contributed by atoms with Crippen molar-refractivity contribution < 1.29 is 0 Å². The number of rotatable bonds is 19. The number of unbranched alkanes of at least 4 members (excludes halogenated alkanes) is 15. The summed E-state index contributed by atoms with van der Waals surface area (Å²) >= 11 is 0. The molecule has 34 heavy (non-hydrogen) atoms. The monoisotopic (exact) mass is 482 g/mol. The Kier molecular flexibility index (Phi) is 14.5. The molecule has 2 aliphatic carbocycles. The molecule has 0 saturated carbocycles. The van der Waals surface area contributed by atoms with Gasteiger partial charge in [-0.1, -0.05) is 146 Å².